The van der Waals surface area contributed by atoms with Gasteiger partial charge in [-0.2, -0.15) is 0 Å². The van der Waals surface area contributed by atoms with E-state index in [0.717, 1.165) is 24.0 Å². The Balaban J connectivity index is 1.70. The number of rotatable bonds is 5. The molecule has 0 N–H and O–H groups in total. The molecule has 1 saturated heterocycles. The van der Waals surface area contributed by atoms with Crippen LogP contribution in [0.5, 0.6) is 5.88 Å². The lowest BCUT2D eigenvalue weighted by Gasteiger charge is -2.25. The summed E-state index contributed by atoms with van der Waals surface area (Å²) in [5, 5.41) is 0. The number of amides is 1. The number of hydrogen-bond acceptors (Lipinski definition) is 4. The first-order valence-electron chi connectivity index (χ1n) is 8.34. The minimum absolute atomic E-state index is 0.0384. The Hall–Kier alpha value is -2.56. The molecule has 1 aromatic carbocycles. The molecule has 1 aromatic heterocycles. The van der Waals surface area contributed by atoms with Gasteiger partial charge in [-0.15, -0.1) is 0 Å². The second-order valence-electron chi connectivity index (χ2n) is 5.72. The maximum Gasteiger partial charge on any atom is 0.410 e. The van der Waals surface area contributed by atoms with E-state index in [-0.39, 0.29) is 18.7 Å². The van der Waals surface area contributed by atoms with E-state index in [1.807, 2.05) is 49.4 Å². The van der Waals surface area contributed by atoms with Crippen LogP contribution in [-0.2, 0) is 11.3 Å². The summed E-state index contributed by atoms with van der Waals surface area (Å²) in [6.45, 7) is 3.46. The fourth-order valence-corrected chi connectivity index (χ4v) is 3.02. The van der Waals surface area contributed by atoms with Gasteiger partial charge in [0.15, 0.2) is 0 Å². The van der Waals surface area contributed by atoms with Crippen molar-refractivity contribution in [1.29, 1.82) is 0 Å². The van der Waals surface area contributed by atoms with Crippen molar-refractivity contribution in [1.82, 2.24) is 9.88 Å². The monoisotopic (exact) mass is 326 g/mol. The lowest BCUT2D eigenvalue weighted by Crippen LogP contribution is -2.31. The van der Waals surface area contributed by atoms with Gasteiger partial charge in [-0.25, -0.2) is 9.78 Å². The molecule has 0 bridgehead atoms. The van der Waals surface area contributed by atoms with Gasteiger partial charge in [0.1, 0.15) is 6.61 Å². The molecule has 0 unspecified atom stereocenters. The van der Waals surface area contributed by atoms with Crippen molar-refractivity contribution in [3.05, 3.63) is 59.8 Å². The summed E-state index contributed by atoms with van der Waals surface area (Å²) in [6, 6.07) is 13.5. The predicted octanol–water partition coefficient (Wildman–Crippen LogP) is 3.95. The maximum atomic E-state index is 12.5. The molecule has 0 aliphatic carbocycles. The molecule has 0 saturated carbocycles. The van der Waals surface area contributed by atoms with E-state index in [2.05, 4.69) is 4.98 Å². The first kappa shape index (κ1) is 16.3. The van der Waals surface area contributed by atoms with Crippen LogP contribution in [0.15, 0.2) is 48.7 Å². The van der Waals surface area contributed by atoms with Gasteiger partial charge in [0.25, 0.3) is 0 Å². The largest absolute Gasteiger partial charge is 0.478 e. The van der Waals surface area contributed by atoms with Crippen molar-refractivity contribution < 1.29 is 14.3 Å². The van der Waals surface area contributed by atoms with Gasteiger partial charge < -0.3 is 14.4 Å². The van der Waals surface area contributed by atoms with Crippen LogP contribution < -0.4 is 4.74 Å². The number of aromatic nitrogens is 1. The van der Waals surface area contributed by atoms with E-state index in [9.17, 15) is 4.79 Å². The van der Waals surface area contributed by atoms with Gasteiger partial charge in [0.2, 0.25) is 5.88 Å². The zero-order chi connectivity index (χ0) is 16.8. The van der Waals surface area contributed by atoms with E-state index in [4.69, 9.17) is 9.47 Å². The normalized spacial score (nSPS) is 16.9. The van der Waals surface area contributed by atoms with Crippen molar-refractivity contribution in [2.45, 2.75) is 32.4 Å². The number of benzene rings is 1. The van der Waals surface area contributed by atoms with E-state index in [0.29, 0.717) is 19.0 Å². The Kier molecular flexibility index (Phi) is 5.31. The molecule has 24 heavy (non-hydrogen) atoms. The van der Waals surface area contributed by atoms with Crippen molar-refractivity contribution >= 4 is 6.09 Å². The van der Waals surface area contributed by atoms with Gasteiger partial charge in [0, 0.05) is 18.3 Å². The molecule has 5 nitrogen and oxygen atoms in total. The number of nitrogens with zero attached hydrogens (tertiary/aromatic N) is 2. The van der Waals surface area contributed by atoms with E-state index < -0.39 is 0 Å². The van der Waals surface area contributed by atoms with Crippen LogP contribution in [0, 0.1) is 0 Å². The molecule has 2 heterocycles. The van der Waals surface area contributed by atoms with Crippen LogP contribution in [0.3, 0.4) is 0 Å². The second-order valence-corrected chi connectivity index (χ2v) is 5.72. The van der Waals surface area contributed by atoms with Crippen molar-refractivity contribution in [2.24, 2.45) is 0 Å². The SMILES string of the molecule is CCOc1ncccc1[C@@H]1CCCN1C(=O)OCc1ccccc1. The highest BCUT2D eigenvalue weighted by atomic mass is 16.6. The number of carbonyl (C=O) groups excluding carboxylic acids is 1. The lowest BCUT2D eigenvalue weighted by molar-refractivity contribution is 0.0915. The number of pyridine rings is 1. The Morgan fingerprint density at radius 2 is 2.08 bits per heavy atom. The summed E-state index contributed by atoms with van der Waals surface area (Å²) in [4.78, 5) is 18.6. The molecule has 1 aliphatic rings. The third-order valence-electron chi connectivity index (χ3n) is 4.13. The maximum absolute atomic E-state index is 12.5. The fraction of sp³-hybridized carbons (Fsp3) is 0.368. The highest BCUT2D eigenvalue weighted by Crippen LogP contribution is 2.36. The van der Waals surface area contributed by atoms with Crippen molar-refractivity contribution in [2.75, 3.05) is 13.2 Å². The molecular weight excluding hydrogens is 304 g/mol. The molecule has 5 heteroatoms. The van der Waals surface area contributed by atoms with Gasteiger partial charge in [-0.3, -0.25) is 0 Å². The van der Waals surface area contributed by atoms with Crippen LogP contribution in [0.4, 0.5) is 4.79 Å². The van der Waals surface area contributed by atoms with Crippen LogP contribution in [0.2, 0.25) is 0 Å². The summed E-state index contributed by atoms with van der Waals surface area (Å²) in [7, 11) is 0. The Morgan fingerprint density at radius 3 is 2.88 bits per heavy atom. The third-order valence-corrected chi connectivity index (χ3v) is 4.13. The van der Waals surface area contributed by atoms with Gasteiger partial charge in [-0.1, -0.05) is 36.4 Å². The molecule has 0 radical (unpaired) electrons. The second kappa shape index (κ2) is 7.81. The number of ether oxygens (including phenoxy) is 2. The van der Waals surface area contributed by atoms with Gasteiger partial charge in [0.05, 0.1) is 12.6 Å². The van der Waals surface area contributed by atoms with E-state index >= 15 is 0 Å². The Morgan fingerprint density at radius 1 is 1.25 bits per heavy atom. The highest BCUT2D eigenvalue weighted by Gasteiger charge is 2.33. The molecule has 3 rings (SSSR count). The molecule has 0 spiro atoms. The molecule has 1 fully saturated rings. The summed E-state index contributed by atoms with van der Waals surface area (Å²) < 4.78 is 11.1. The Labute approximate surface area is 142 Å². The van der Waals surface area contributed by atoms with Crippen LogP contribution in [0.25, 0.3) is 0 Å². The lowest BCUT2D eigenvalue weighted by atomic mass is 10.1. The fourth-order valence-electron chi connectivity index (χ4n) is 3.02. The zero-order valence-corrected chi connectivity index (χ0v) is 13.9. The predicted molar refractivity (Wildman–Crippen MR) is 90.7 cm³/mol. The number of carbonyl (C=O) groups is 1. The number of likely N-dealkylation sites (tertiary alicyclic amines) is 1. The summed E-state index contributed by atoms with van der Waals surface area (Å²) in [5.74, 6) is 0.604. The smallest absolute Gasteiger partial charge is 0.410 e. The van der Waals surface area contributed by atoms with E-state index in [1.54, 1.807) is 11.1 Å². The summed E-state index contributed by atoms with van der Waals surface area (Å²) in [5.41, 5.74) is 1.94. The zero-order valence-electron chi connectivity index (χ0n) is 13.9. The molecular formula is C19H22N2O3. The summed E-state index contributed by atoms with van der Waals surface area (Å²) in [6.07, 6.45) is 3.27. The van der Waals surface area contributed by atoms with Gasteiger partial charge in [-0.05, 0) is 31.4 Å². The molecule has 1 atom stereocenters. The van der Waals surface area contributed by atoms with Crippen LogP contribution in [0.1, 0.15) is 36.9 Å². The van der Waals surface area contributed by atoms with Crippen LogP contribution >= 0.6 is 0 Å². The van der Waals surface area contributed by atoms with Gasteiger partial charge >= 0.3 is 6.09 Å². The molecule has 2 aromatic rings. The van der Waals surface area contributed by atoms with Crippen LogP contribution in [-0.4, -0.2) is 29.1 Å². The average molecular weight is 326 g/mol. The minimum Gasteiger partial charge on any atom is -0.478 e. The molecule has 1 aliphatic heterocycles. The minimum atomic E-state index is -0.285. The third kappa shape index (κ3) is 3.67. The standard InChI is InChI=1S/C19H22N2O3/c1-2-23-18-16(10-6-12-20-18)17-11-7-13-21(17)19(22)24-14-15-8-4-3-5-9-15/h3-6,8-10,12,17H,2,7,11,13-14H2,1H3/t17-/m0/s1. The van der Waals surface area contributed by atoms with Crippen molar-refractivity contribution in [3.8, 4) is 5.88 Å². The number of hydrogen-bond donors (Lipinski definition) is 0. The summed E-state index contributed by atoms with van der Waals surface area (Å²) >= 11 is 0. The quantitative estimate of drug-likeness (QED) is 0.835. The molecule has 1 amide bonds. The highest BCUT2D eigenvalue weighted by molar-refractivity contribution is 5.69. The molecule has 126 valence electrons. The topological polar surface area (TPSA) is 51.7 Å². The average Bonchev–Trinajstić information content (AvgIpc) is 3.11. The Bertz CT molecular complexity index is 675. The van der Waals surface area contributed by atoms with Crippen molar-refractivity contribution in [3.63, 3.8) is 0 Å². The first-order chi connectivity index (χ1) is 11.8. The van der Waals surface area contributed by atoms with E-state index in [1.165, 1.54) is 0 Å². The first-order valence-corrected chi connectivity index (χ1v) is 8.34.